The van der Waals surface area contributed by atoms with Crippen LogP contribution in [0.4, 0.5) is 0 Å². The zero-order valence-electron chi connectivity index (χ0n) is 8.99. The lowest BCUT2D eigenvalue weighted by atomic mass is 10.0. The van der Waals surface area contributed by atoms with Gasteiger partial charge in [0.15, 0.2) is 0 Å². The van der Waals surface area contributed by atoms with Gasteiger partial charge in [0.1, 0.15) is 0 Å². The lowest BCUT2D eigenvalue weighted by molar-refractivity contribution is 0.449. The minimum absolute atomic E-state index is 0.324. The standard InChI is InChI=1S/C11H20N2S/c1-9(2)11(12)3-5-13-7-10-4-6-14-8-10/h4,6,8-9,11,13H,3,5,7,12H2,1-2H3. The maximum atomic E-state index is 5.94. The first-order valence-corrected chi connectivity index (χ1v) is 6.12. The first kappa shape index (κ1) is 11.7. The van der Waals surface area contributed by atoms with Crippen molar-refractivity contribution in [2.24, 2.45) is 11.7 Å². The summed E-state index contributed by atoms with van der Waals surface area (Å²) in [5.41, 5.74) is 7.31. The third-order valence-electron chi connectivity index (χ3n) is 2.42. The van der Waals surface area contributed by atoms with Crippen molar-refractivity contribution in [3.63, 3.8) is 0 Å². The molecule has 0 saturated carbocycles. The molecule has 1 heterocycles. The van der Waals surface area contributed by atoms with Crippen molar-refractivity contribution < 1.29 is 0 Å². The molecular formula is C11H20N2S. The SMILES string of the molecule is CC(C)C(N)CCNCc1ccsc1. The van der Waals surface area contributed by atoms with Gasteiger partial charge >= 0.3 is 0 Å². The van der Waals surface area contributed by atoms with Crippen molar-refractivity contribution in [1.29, 1.82) is 0 Å². The summed E-state index contributed by atoms with van der Waals surface area (Å²) in [5.74, 6) is 0.581. The summed E-state index contributed by atoms with van der Waals surface area (Å²) in [6.45, 7) is 6.32. The topological polar surface area (TPSA) is 38.0 Å². The average molecular weight is 212 g/mol. The molecule has 0 radical (unpaired) electrons. The summed E-state index contributed by atoms with van der Waals surface area (Å²) in [7, 11) is 0. The fraction of sp³-hybridized carbons (Fsp3) is 0.636. The van der Waals surface area contributed by atoms with Crippen LogP contribution in [0.1, 0.15) is 25.8 Å². The Morgan fingerprint density at radius 3 is 2.86 bits per heavy atom. The van der Waals surface area contributed by atoms with Crippen LogP contribution in [-0.2, 0) is 6.54 Å². The normalized spacial score (nSPS) is 13.4. The Labute approximate surface area is 90.5 Å². The molecule has 1 rings (SSSR count). The second-order valence-corrected chi connectivity index (χ2v) is 4.78. The van der Waals surface area contributed by atoms with E-state index in [4.69, 9.17) is 5.73 Å². The van der Waals surface area contributed by atoms with Crippen LogP contribution in [0, 0.1) is 5.92 Å². The van der Waals surface area contributed by atoms with Gasteiger partial charge in [-0.3, -0.25) is 0 Å². The molecule has 14 heavy (non-hydrogen) atoms. The van der Waals surface area contributed by atoms with E-state index in [0.29, 0.717) is 12.0 Å². The summed E-state index contributed by atoms with van der Waals surface area (Å²) >= 11 is 1.74. The predicted molar refractivity (Wildman–Crippen MR) is 63.5 cm³/mol. The molecule has 2 nitrogen and oxygen atoms in total. The number of nitrogens with two attached hydrogens (primary N) is 1. The van der Waals surface area contributed by atoms with Gasteiger partial charge in [0, 0.05) is 12.6 Å². The van der Waals surface area contributed by atoms with Gasteiger partial charge in [-0.1, -0.05) is 13.8 Å². The summed E-state index contributed by atoms with van der Waals surface area (Å²) in [5, 5.41) is 7.68. The molecular weight excluding hydrogens is 192 g/mol. The monoisotopic (exact) mass is 212 g/mol. The summed E-state index contributed by atoms with van der Waals surface area (Å²) in [4.78, 5) is 0. The lowest BCUT2D eigenvalue weighted by Gasteiger charge is -2.15. The number of thiophene rings is 1. The minimum atomic E-state index is 0.324. The van der Waals surface area contributed by atoms with Crippen molar-refractivity contribution in [2.75, 3.05) is 6.54 Å². The molecule has 0 spiro atoms. The molecule has 0 aliphatic rings. The molecule has 1 aromatic heterocycles. The van der Waals surface area contributed by atoms with Crippen LogP contribution in [0.2, 0.25) is 0 Å². The van der Waals surface area contributed by atoms with E-state index < -0.39 is 0 Å². The van der Waals surface area contributed by atoms with Gasteiger partial charge in [0.2, 0.25) is 0 Å². The van der Waals surface area contributed by atoms with E-state index in [-0.39, 0.29) is 0 Å². The molecule has 3 heteroatoms. The van der Waals surface area contributed by atoms with Crippen LogP contribution in [0.25, 0.3) is 0 Å². The predicted octanol–water partition coefficient (Wildman–Crippen LogP) is 2.21. The van der Waals surface area contributed by atoms with Gasteiger partial charge in [0.25, 0.3) is 0 Å². The summed E-state index contributed by atoms with van der Waals surface area (Å²) in [6, 6.07) is 2.48. The Hall–Kier alpha value is -0.380. The molecule has 1 aromatic rings. The molecule has 0 aromatic carbocycles. The number of nitrogens with one attached hydrogen (secondary N) is 1. The summed E-state index contributed by atoms with van der Waals surface area (Å²) in [6.07, 6.45) is 1.06. The number of hydrogen-bond donors (Lipinski definition) is 2. The highest BCUT2D eigenvalue weighted by atomic mass is 32.1. The van der Waals surface area contributed by atoms with Crippen molar-refractivity contribution in [3.05, 3.63) is 22.4 Å². The van der Waals surface area contributed by atoms with Crippen molar-refractivity contribution in [3.8, 4) is 0 Å². The van der Waals surface area contributed by atoms with Crippen molar-refractivity contribution in [2.45, 2.75) is 32.9 Å². The Bertz CT molecular complexity index is 231. The van der Waals surface area contributed by atoms with Crippen molar-refractivity contribution in [1.82, 2.24) is 5.32 Å². The molecule has 80 valence electrons. The van der Waals surface area contributed by atoms with E-state index in [0.717, 1.165) is 19.5 Å². The molecule has 0 saturated heterocycles. The van der Waals surface area contributed by atoms with Crippen LogP contribution in [0.15, 0.2) is 16.8 Å². The molecule has 0 amide bonds. The van der Waals surface area contributed by atoms with E-state index in [1.807, 2.05) is 0 Å². The van der Waals surface area contributed by atoms with Gasteiger partial charge in [0.05, 0.1) is 0 Å². The van der Waals surface area contributed by atoms with Gasteiger partial charge in [-0.25, -0.2) is 0 Å². The van der Waals surface area contributed by atoms with Gasteiger partial charge in [-0.15, -0.1) is 0 Å². The fourth-order valence-electron chi connectivity index (χ4n) is 1.23. The van der Waals surface area contributed by atoms with Gasteiger partial charge in [-0.05, 0) is 41.3 Å². The Kier molecular flexibility index (Phi) is 5.15. The van der Waals surface area contributed by atoms with E-state index in [1.165, 1.54) is 5.56 Å². The van der Waals surface area contributed by atoms with E-state index in [2.05, 4.69) is 36.0 Å². The van der Waals surface area contributed by atoms with Crippen LogP contribution < -0.4 is 11.1 Å². The Morgan fingerprint density at radius 2 is 2.29 bits per heavy atom. The average Bonchev–Trinajstić information content (AvgIpc) is 2.64. The smallest absolute Gasteiger partial charge is 0.0213 e. The number of rotatable bonds is 6. The minimum Gasteiger partial charge on any atom is -0.327 e. The second-order valence-electron chi connectivity index (χ2n) is 4.00. The Morgan fingerprint density at radius 1 is 1.50 bits per heavy atom. The quantitative estimate of drug-likeness (QED) is 0.710. The van der Waals surface area contributed by atoms with Crippen LogP contribution >= 0.6 is 11.3 Å². The van der Waals surface area contributed by atoms with Gasteiger partial charge < -0.3 is 11.1 Å². The van der Waals surface area contributed by atoms with E-state index in [9.17, 15) is 0 Å². The lowest BCUT2D eigenvalue weighted by Crippen LogP contribution is -2.30. The fourth-order valence-corrected chi connectivity index (χ4v) is 1.90. The third kappa shape index (κ3) is 4.22. The molecule has 1 unspecified atom stereocenters. The van der Waals surface area contributed by atoms with E-state index in [1.54, 1.807) is 11.3 Å². The van der Waals surface area contributed by atoms with Crippen LogP contribution in [0.3, 0.4) is 0 Å². The maximum Gasteiger partial charge on any atom is 0.0213 e. The second kappa shape index (κ2) is 6.17. The summed E-state index contributed by atoms with van der Waals surface area (Å²) < 4.78 is 0. The largest absolute Gasteiger partial charge is 0.327 e. The first-order valence-electron chi connectivity index (χ1n) is 5.17. The molecule has 0 aliphatic heterocycles. The zero-order chi connectivity index (χ0) is 10.4. The third-order valence-corrected chi connectivity index (χ3v) is 3.15. The molecule has 1 atom stereocenters. The first-order chi connectivity index (χ1) is 6.70. The van der Waals surface area contributed by atoms with Gasteiger partial charge in [-0.2, -0.15) is 11.3 Å². The van der Waals surface area contributed by atoms with Crippen molar-refractivity contribution >= 4 is 11.3 Å². The highest BCUT2D eigenvalue weighted by Crippen LogP contribution is 2.05. The number of hydrogen-bond acceptors (Lipinski definition) is 3. The molecule has 0 fully saturated rings. The highest BCUT2D eigenvalue weighted by molar-refractivity contribution is 7.07. The Balaban J connectivity index is 2.05. The molecule has 0 aliphatic carbocycles. The molecule has 0 bridgehead atoms. The van der Waals surface area contributed by atoms with Crippen LogP contribution in [0.5, 0.6) is 0 Å². The maximum absolute atomic E-state index is 5.94. The molecule has 3 N–H and O–H groups in total. The zero-order valence-corrected chi connectivity index (χ0v) is 9.81. The van der Waals surface area contributed by atoms with E-state index >= 15 is 0 Å². The van der Waals surface area contributed by atoms with Crippen LogP contribution in [-0.4, -0.2) is 12.6 Å². The highest BCUT2D eigenvalue weighted by Gasteiger charge is 2.05.